The molecule has 0 saturated carbocycles. The van der Waals surface area contributed by atoms with Crippen molar-refractivity contribution in [3.8, 4) is 0 Å². The molecule has 0 aliphatic carbocycles. The highest BCUT2D eigenvalue weighted by Gasteiger charge is 2.28. The molecule has 16 heavy (non-hydrogen) atoms. The number of hydrogen-bond donors (Lipinski definition) is 2. The number of aryl methyl sites for hydroxylation is 1. The fraction of sp³-hybridized carbons (Fsp3) is 0.571. The second-order valence-electron chi connectivity index (χ2n) is 5.04. The van der Waals surface area contributed by atoms with Gasteiger partial charge < -0.3 is 0 Å². The quantitative estimate of drug-likeness (QED) is 0.591. The van der Waals surface area contributed by atoms with Crippen molar-refractivity contribution in [1.29, 1.82) is 0 Å². The molecule has 0 heterocycles. The van der Waals surface area contributed by atoms with Gasteiger partial charge in [0.2, 0.25) is 0 Å². The van der Waals surface area contributed by atoms with E-state index in [0.29, 0.717) is 0 Å². The Morgan fingerprint density at radius 2 is 2.00 bits per heavy atom. The van der Waals surface area contributed by atoms with Crippen LogP contribution in [0.3, 0.4) is 0 Å². The zero-order valence-corrected chi connectivity index (χ0v) is 10.9. The van der Waals surface area contributed by atoms with Gasteiger partial charge in [0.25, 0.3) is 0 Å². The SMILES string of the molecule is CCc1cccc(C(NN)C(C)(C)CC)c1. The molecule has 0 aliphatic heterocycles. The molecular formula is C14H24N2. The van der Waals surface area contributed by atoms with Crippen LogP contribution in [-0.2, 0) is 6.42 Å². The van der Waals surface area contributed by atoms with E-state index in [1.165, 1.54) is 11.1 Å². The number of rotatable bonds is 5. The molecule has 90 valence electrons. The van der Waals surface area contributed by atoms with Crippen molar-refractivity contribution in [1.82, 2.24) is 5.43 Å². The van der Waals surface area contributed by atoms with Crippen LogP contribution in [-0.4, -0.2) is 0 Å². The summed E-state index contributed by atoms with van der Waals surface area (Å²) in [5, 5.41) is 0. The smallest absolute Gasteiger partial charge is 0.0510 e. The molecule has 3 N–H and O–H groups in total. The average Bonchev–Trinajstić information content (AvgIpc) is 2.30. The molecule has 1 aromatic rings. The highest BCUT2D eigenvalue weighted by atomic mass is 15.2. The second kappa shape index (κ2) is 5.46. The van der Waals surface area contributed by atoms with Crippen LogP contribution in [0.1, 0.15) is 51.3 Å². The van der Waals surface area contributed by atoms with E-state index in [1.807, 2.05) is 0 Å². The molecule has 0 saturated heterocycles. The van der Waals surface area contributed by atoms with Crippen LogP contribution in [0.2, 0.25) is 0 Å². The summed E-state index contributed by atoms with van der Waals surface area (Å²) in [7, 11) is 0. The molecule has 1 atom stereocenters. The van der Waals surface area contributed by atoms with Gasteiger partial charge in [-0.2, -0.15) is 0 Å². The molecule has 0 aromatic heterocycles. The summed E-state index contributed by atoms with van der Waals surface area (Å²) in [6, 6.07) is 8.90. The predicted octanol–water partition coefficient (Wildman–Crippen LogP) is 3.19. The Morgan fingerprint density at radius 3 is 2.50 bits per heavy atom. The van der Waals surface area contributed by atoms with Gasteiger partial charge in [0.15, 0.2) is 0 Å². The standard InChI is InChI=1S/C14H24N2/c1-5-11-8-7-9-12(10-11)13(16-15)14(3,4)6-2/h7-10,13,16H,5-6,15H2,1-4H3. The van der Waals surface area contributed by atoms with Crippen molar-refractivity contribution in [3.05, 3.63) is 35.4 Å². The average molecular weight is 220 g/mol. The molecule has 1 aromatic carbocycles. The van der Waals surface area contributed by atoms with Crippen LogP contribution in [0.5, 0.6) is 0 Å². The Bertz CT molecular complexity index is 331. The zero-order chi connectivity index (χ0) is 12.2. The molecule has 0 aliphatic rings. The number of hydrogen-bond acceptors (Lipinski definition) is 2. The first-order valence-corrected chi connectivity index (χ1v) is 6.10. The minimum absolute atomic E-state index is 0.168. The van der Waals surface area contributed by atoms with Gasteiger partial charge in [-0.15, -0.1) is 0 Å². The Morgan fingerprint density at radius 1 is 1.31 bits per heavy atom. The van der Waals surface area contributed by atoms with Gasteiger partial charge in [0.1, 0.15) is 0 Å². The maximum Gasteiger partial charge on any atom is 0.0510 e. The van der Waals surface area contributed by atoms with Crippen molar-refractivity contribution in [2.45, 2.75) is 46.6 Å². The summed E-state index contributed by atoms with van der Waals surface area (Å²) in [5.41, 5.74) is 5.78. The summed E-state index contributed by atoms with van der Waals surface area (Å²) in [6.07, 6.45) is 2.16. The number of hydrazine groups is 1. The lowest BCUT2D eigenvalue weighted by molar-refractivity contribution is 0.236. The Hall–Kier alpha value is -0.860. The minimum atomic E-state index is 0.168. The predicted molar refractivity (Wildman–Crippen MR) is 70.0 cm³/mol. The highest BCUT2D eigenvalue weighted by Crippen LogP contribution is 2.35. The van der Waals surface area contributed by atoms with Crippen molar-refractivity contribution < 1.29 is 0 Å². The molecule has 0 radical (unpaired) electrons. The largest absolute Gasteiger partial charge is 0.271 e. The van der Waals surface area contributed by atoms with Crippen LogP contribution < -0.4 is 11.3 Å². The van der Waals surface area contributed by atoms with Gasteiger partial charge in [0.05, 0.1) is 6.04 Å². The molecule has 2 heteroatoms. The summed E-state index contributed by atoms with van der Waals surface area (Å²) < 4.78 is 0. The first kappa shape index (κ1) is 13.2. The van der Waals surface area contributed by atoms with E-state index >= 15 is 0 Å². The van der Waals surface area contributed by atoms with Crippen LogP contribution in [0.4, 0.5) is 0 Å². The van der Waals surface area contributed by atoms with E-state index in [9.17, 15) is 0 Å². The van der Waals surface area contributed by atoms with E-state index in [2.05, 4.69) is 57.4 Å². The van der Waals surface area contributed by atoms with Crippen LogP contribution >= 0.6 is 0 Å². The van der Waals surface area contributed by atoms with Crippen LogP contribution in [0, 0.1) is 5.41 Å². The molecule has 1 unspecified atom stereocenters. The number of nitrogens with two attached hydrogens (primary N) is 1. The molecule has 0 bridgehead atoms. The third kappa shape index (κ3) is 2.83. The van der Waals surface area contributed by atoms with E-state index in [1.54, 1.807) is 0 Å². The lowest BCUT2D eigenvalue weighted by atomic mass is 9.78. The first-order valence-electron chi connectivity index (χ1n) is 6.10. The molecular weight excluding hydrogens is 196 g/mol. The molecule has 0 fully saturated rings. The minimum Gasteiger partial charge on any atom is -0.271 e. The first-order chi connectivity index (χ1) is 7.55. The molecule has 2 nitrogen and oxygen atoms in total. The third-order valence-electron chi connectivity index (χ3n) is 3.55. The van der Waals surface area contributed by atoms with Gasteiger partial charge >= 0.3 is 0 Å². The summed E-state index contributed by atoms with van der Waals surface area (Å²) in [6.45, 7) is 8.87. The van der Waals surface area contributed by atoms with Crippen molar-refractivity contribution in [3.63, 3.8) is 0 Å². The Balaban J connectivity index is 3.03. The van der Waals surface area contributed by atoms with Gasteiger partial charge in [-0.1, -0.05) is 52.0 Å². The van der Waals surface area contributed by atoms with E-state index in [4.69, 9.17) is 5.84 Å². The maximum atomic E-state index is 5.71. The van der Waals surface area contributed by atoms with Gasteiger partial charge in [-0.3, -0.25) is 11.3 Å². The number of benzene rings is 1. The topological polar surface area (TPSA) is 38.0 Å². The van der Waals surface area contributed by atoms with Crippen molar-refractivity contribution in [2.75, 3.05) is 0 Å². The van der Waals surface area contributed by atoms with E-state index in [-0.39, 0.29) is 11.5 Å². The lowest BCUT2D eigenvalue weighted by Gasteiger charge is -2.33. The zero-order valence-electron chi connectivity index (χ0n) is 10.9. The van der Waals surface area contributed by atoms with Gasteiger partial charge in [-0.05, 0) is 29.4 Å². The normalized spacial score (nSPS) is 13.8. The van der Waals surface area contributed by atoms with Crippen LogP contribution in [0.25, 0.3) is 0 Å². The Labute approximate surface area is 99.2 Å². The fourth-order valence-electron chi connectivity index (χ4n) is 1.97. The molecule has 0 spiro atoms. The number of nitrogens with one attached hydrogen (secondary N) is 1. The van der Waals surface area contributed by atoms with Gasteiger partial charge in [0, 0.05) is 0 Å². The molecule has 1 rings (SSSR count). The summed E-state index contributed by atoms with van der Waals surface area (Å²) >= 11 is 0. The lowest BCUT2D eigenvalue weighted by Crippen LogP contribution is -2.38. The van der Waals surface area contributed by atoms with Gasteiger partial charge in [-0.25, -0.2) is 0 Å². The van der Waals surface area contributed by atoms with Crippen LogP contribution in [0.15, 0.2) is 24.3 Å². The summed E-state index contributed by atoms with van der Waals surface area (Å²) in [5.74, 6) is 5.71. The maximum absolute atomic E-state index is 5.71. The Kier molecular flexibility index (Phi) is 4.51. The van der Waals surface area contributed by atoms with E-state index < -0.39 is 0 Å². The monoisotopic (exact) mass is 220 g/mol. The highest BCUT2D eigenvalue weighted by molar-refractivity contribution is 5.27. The second-order valence-corrected chi connectivity index (χ2v) is 5.04. The van der Waals surface area contributed by atoms with Crippen molar-refractivity contribution in [2.24, 2.45) is 11.3 Å². The molecule has 0 amide bonds. The third-order valence-corrected chi connectivity index (χ3v) is 3.55. The fourth-order valence-corrected chi connectivity index (χ4v) is 1.97. The van der Waals surface area contributed by atoms with E-state index in [0.717, 1.165) is 12.8 Å². The summed E-state index contributed by atoms with van der Waals surface area (Å²) in [4.78, 5) is 0. The van der Waals surface area contributed by atoms with Crippen molar-refractivity contribution >= 4 is 0 Å².